The van der Waals surface area contributed by atoms with Crippen LogP contribution >= 0.6 is 0 Å². The molecule has 0 saturated heterocycles. The first-order valence-electron chi connectivity index (χ1n) is 7.03. The Hall–Kier alpha value is -2.31. The van der Waals surface area contributed by atoms with Gasteiger partial charge in [0.1, 0.15) is 5.82 Å². The van der Waals surface area contributed by atoms with Gasteiger partial charge in [-0.25, -0.2) is 12.8 Å². The molecule has 6 heteroatoms. The van der Waals surface area contributed by atoms with Gasteiger partial charge >= 0.3 is 0 Å². The Kier molecular flexibility index (Phi) is 4.11. The van der Waals surface area contributed by atoms with E-state index in [1.807, 2.05) is 30.3 Å². The zero-order valence-corrected chi connectivity index (χ0v) is 13.3. The van der Waals surface area contributed by atoms with Crippen molar-refractivity contribution in [1.82, 2.24) is 9.29 Å². The van der Waals surface area contributed by atoms with Crippen molar-refractivity contribution in [2.75, 3.05) is 7.05 Å². The maximum atomic E-state index is 13.0. The zero-order chi connectivity index (χ0) is 16.4. The standard InChI is InChI=1S/C17H15FN2O2S/c1-20(23(21,22)16-9-7-15(18)8-10-16)12-14-5-2-4-13-6-3-11-19-17(13)14/h2-11H,12H2,1H3. The van der Waals surface area contributed by atoms with E-state index in [0.29, 0.717) is 0 Å². The predicted octanol–water partition coefficient (Wildman–Crippen LogP) is 3.19. The minimum absolute atomic E-state index is 0.0644. The lowest BCUT2D eigenvalue weighted by atomic mass is 10.1. The summed E-state index contributed by atoms with van der Waals surface area (Å²) in [5.41, 5.74) is 1.59. The van der Waals surface area contributed by atoms with Crippen LogP contribution in [-0.2, 0) is 16.6 Å². The Morgan fingerprint density at radius 2 is 1.74 bits per heavy atom. The number of rotatable bonds is 4. The summed E-state index contributed by atoms with van der Waals surface area (Å²) in [6.45, 7) is 0.189. The van der Waals surface area contributed by atoms with E-state index in [-0.39, 0.29) is 11.4 Å². The number of fused-ring (bicyclic) bond motifs is 1. The molecule has 4 nitrogen and oxygen atoms in total. The SMILES string of the molecule is CN(Cc1cccc2cccnc12)S(=O)(=O)c1ccc(F)cc1. The van der Waals surface area contributed by atoms with E-state index in [4.69, 9.17) is 0 Å². The smallest absolute Gasteiger partial charge is 0.243 e. The third-order valence-corrected chi connectivity index (χ3v) is 5.45. The van der Waals surface area contributed by atoms with Crippen LogP contribution in [0.2, 0.25) is 0 Å². The molecule has 0 unspecified atom stereocenters. The molecule has 0 aliphatic rings. The van der Waals surface area contributed by atoms with Crippen LogP contribution in [0.4, 0.5) is 4.39 Å². The van der Waals surface area contributed by atoms with E-state index >= 15 is 0 Å². The van der Waals surface area contributed by atoms with Crippen LogP contribution in [-0.4, -0.2) is 24.8 Å². The van der Waals surface area contributed by atoms with Gasteiger partial charge in [0.25, 0.3) is 0 Å². The quantitative estimate of drug-likeness (QED) is 0.738. The fraction of sp³-hybridized carbons (Fsp3) is 0.118. The van der Waals surface area contributed by atoms with E-state index in [2.05, 4.69) is 4.98 Å². The van der Waals surface area contributed by atoms with Crippen LogP contribution < -0.4 is 0 Å². The first kappa shape index (κ1) is 15.6. The maximum absolute atomic E-state index is 13.0. The molecule has 3 aromatic rings. The summed E-state index contributed by atoms with van der Waals surface area (Å²) in [5.74, 6) is -0.468. The Morgan fingerprint density at radius 3 is 2.48 bits per heavy atom. The highest BCUT2D eigenvalue weighted by atomic mass is 32.2. The molecule has 23 heavy (non-hydrogen) atoms. The average molecular weight is 330 g/mol. The summed E-state index contributed by atoms with van der Waals surface area (Å²) in [6.07, 6.45) is 1.68. The van der Waals surface area contributed by atoms with Gasteiger partial charge in [-0.2, -0.15) is 4.31 Å². The van der Waals surface area contributed by atoms with E-state index in [1.165, 1.54) is 23.5 Å². The maximum Gasteiger partial charge on any atom is 0.243 e. The zero-order valence-electron chi connectivity index (χ0n) is 12.5. The van der Waals surface area contributed by atoms with Crippen LogP contribution in [0.15, 0.2) is 65.7 Å². The van der Waals surface area contributed by atoms with Crippen molar-refractivity contribution in [3.63, 3.8) is 0 Å². The minimum Gasteiger partial charge on any atom is -0.256 e. The molecule has 0 radical (unpaired) electrons. The first-order chi connectivity index (χ1) is 11.0. The molecule has 1 aromatic heterocycles. The van der Waals surface area contributed by atoms with Gasteiger partial charge in [-0.15, -0.1) is 0 Å². The fourth-order valence-electron chi connectivity index (χ4n) is 2.41. The molecule has 0 fully saturated rings. The number of benzene rings is 2. The lowest BCUT2D eigenvalue weighted by molar-refractivity contribution is 0.467. The Morgan fingerprint density at radius 1 is 1.04 bits per heavy atom. The van der Waals surface area contributed by atoms with Crippen LogP contribution in [0.25, 0.3) is 10.9 Å². The largest absolute Gasteiger partial charge is 0.256 e. The van der Waals surface area contributed by atoms with Gasteiger partial charge in [0, 0.05) is 25.2 Å². The molecule has 0 saturated carbocycles. The molecule has 118 valence electrons. The van der Waals surface area contributed by atoms with E-state index < -0.39 is 15.8 Å². The second kappa shape index (κ2) is 6.06. The van der Waals surface area contributed by atoms with Crippen molar-refractivity contribution in [3.8, 4) is 0 Å². The van der Waals surface area contributed by atoms with Gasteiger partial charge in [0.2, 0.25) is 10.0 Å². The second-order valence-corrected chi connectivity index (χ2v) is 7.25. The Bertz CT molecular complexity index is 935. The van der Waals surface area contributed by atoms with E-state index in [1.54, 1.807) is 6.20 Å². The topological polar surface area (TPSA) is 50.3 Å². The Balaban J connectivity index is 1.94. The van der Waals surface area contributed by atoms with Gasteiger partial charge in [0.05, 0.1) is 10.4 Å². The number of hydrogen-bond acceptors (Lipinski definition) is 3. The molecule has 0 aliphatic carbocycles. The van der Waals surface area contributed by atoms with E-state index in [9.17, 15) is 12.8 Å². The van der Waals surface area contributed by atoms with E-state index in [0.717, 1.165) is 28.6 Å². The summed E-state index contributed by atoms with van der Waals surface area (Å²) in [7, 11) is -2.18. The molecule has 0 amide bonds. The number of aromatic nitrogens is 1. The minimum atomic E-state index is -3.68. The van der Waals surface area contributed by atoms with Crippen molar-refractivity contribution < 1.29 is 12.8 Å². The average Bonchev–Trinajstić information content (AvgIpc) is 2.55. The van der Waals surface area contributed by atoms with Gasteiger partial charge < -0.3 is 0 Å². The number of hydrogen-bond donors (Lipinski definition) is 0. The molecule has 0 aliphatic heterocycles. The number of nitrogens with zero attached hydrogens (tertiary/aromatic N) is 2. The summed E-state index contributed by atoms with van der Waals surface area (Å²) >= 11 is 0. The van der Waals surface area contributed by atoms with Crippen LogP contribution in [0.3, 0.4) is 0 Å². The van der Waals surface area contributed by atoms with Crippen molar-refractivity contribution in [1.29, 1.82) is 0 Å². The van der Waals surface area contributed by atoms with Crippen molar-refractivity contribution in [2.45, 2.75) is 11.4 Å². The lowest BCUT2D eigenvalue weighted by Crippen LogP contribution is -2.26. The highest BCUT2D eigenvalue weighted by Crippen LogP contribution is 2.21. The highest BCUT2D eigenvalue weighted by molar-refractivity contribution is 7.89. The molecule has 1 heterocycles. The van der Waals surface area contributed by atoms with Crippen LogP contribution in [0.5, 0.6) is 0 Å². The molecule has 2 aromatic carbocycles. The van der Waals surface area contributed by atoms with Crippen molar-refractivity contribution >= 4 is 20.9 Å². The monoisotopic (exact) mass is 330 g/mol. The lowest BCUT2D eigenvalue weighted by Gasteiger charge is -2.18. The Labute approximate surface area is 134 Å². The van der Waals surface area contributed by atoms with Gasteiger partial charge in [-0.05, 0) is 35.9 Å². The number of sulfonamides is 1. The van der Waals surface area contributed by atoms with Gasteiger partial charge in [-0.1, -0.05) is 24.3 Å². The molecule has 0 spiro atoms. The molecule has 0 atom stereocenters. The van der Waals surface area contributed by atoms with Gasteiger partial charge in [0.15, 0.2) is 0 Å². The van der Waals surface area contributed by atoms with Crippen LogP contribution in [0, 0.1) is 5.82 Å². The van der Waals surface area contributed by atoms with Crippen LogP contribution in [0.1, 0.15) is 5.56 Å². The molecule has 0 N–H and O–H groups in total. The number of halogens is 1. The molecular weight excluding hydrogens is 315 g/mol. The second-order valence-electron chi connectivity index (χ2n) is 5.21. The third kappa shape index (κ3) is 3.09. The van der Waals surface area contributed by atoms with Crippen molar-refractivity contribution in [3.05, 3.63) is 72.2 Å². The molecular formula is C17H15FN2O2S. The first-order valence-corrected chi connectivity index (χ1v) is 8.47. The highest BCUT2D eigenvalue weighted by Gasteiger charge is 2.21. The summed E-state index contributed by atoms with van der Waals surface area (Å²) < 4.78 is 39.4. The third-order valence-electron chi connectivity index (χ3n) is 3.63. The van der Waals surface area contributed by atoms with Gasteiger partial charge in [-0.3, -0.25) is 4.98 Å². The fourth-order valence-corrected chi connectivity index (χ4v) is 3.56. The van der Waals surface area contributed by atoms with Crippen molar-refractivity contribution in [2.24, 2.45) is 0 Å². The number of para-hydroxylation sites is 1. The summed E-state index contributed by atoms with van der Waals surface area (Å²) in [5, 5.41) is 0.956. The summed E-state index contributed by atoms with van der Waals surface area (Å²) in [6, 6.07) is 14.2. The normalized spacial score (nSPS) is 12.0. The predicted molar refractivity (Wildman–Crippen MR) is 86.8 cm³/mol. The molecule has 3 rings (SSSR count). The molecule has 0 bridgehead atoms. The summed E-state index contributed by atoms with van der Waals surface area (Å²) in [4.78, 5) is 4.39. The number of pyridine rings is 1.